The smallest absolute Gasteiger partial charge is 0.302 e. The molecule has 1 amide bonds. The maximum atomic E-state index is 13.7. The van der Waals surface area contributed by atoms with Gasteiger partial charge in [-0.3, -0.25) is 14.5 Å². The highest BCUT2D eigenvalue weighted by Gasteiger charge is 2.48. The predicted molar refractivity (Wildman–Crippen MR) is 163 cm³/mol. The van der Waals surface area contributed by atoms with Crippen LogP contribution in [0.4, 0.5) is 11.6 Å². The number of imidazole rings is 1. The Labute approximate surface area is 240 Å². The fraction of sp³-hybridized carbons (Fsp3) is 0.303. The predicted octanol–water partition coefficient (Wildman–Crippen LogP) is 6.39. The molecule has 41 heavy (non-hydrogen) atoms. The first-order chi connectivity index (χ1) is 19.5. The van der Waals surface area contributed by atoms with Crippen LogP contribution in [-0.4, -0.2) is 47.5 Å². The van der Waals surface area contributed by atoms with Gasteiger partial charge in [0.1, 0.15) is 11.5 Å². The molecule has 0 aliphatic carbocycles. The lowest BCUT2D eigenvalue weighted by molar-refractivity contribution is -0.132. The van der Waals surface area contributed by atoms with Crippen LogP contribution in [0.3, 0.4) is 0 Å². The number of amides is 1. The molecule has 5 rings (SSSR count). The molecule has 0 saturated carbocycles. The Balaban J connectivity index is 1.71. The van der Waals surface area contributed by atoms with E-state index in [0.29, 0.717) is 23.3 Å². The summed E-state index contributed by atoms with van der Waals surface area (Å²) in [6, 6.07) is 16.0. The van der Waals surface area contributed by atoms with Crippen LogP contribution >= 0.6 is 0 Å². The van der Waals surface area contributed by atoms with Gasteiger partial charge in [-0.05, 0) is 91.4 Å². The van der Waals surface area contributed by atoms with Crippen molar-refractivity contribution >= 4 is 40.1 Å². The minimum Gasteiger partial charge on any atom is -0.507 e. The maximum absolute atomic E-state index is 13.7. The lowest BCUT2D eigenvalue weighted by atomic mass is 9.93. The van der Waals surface area contributed by atoms with Crippen LogP contribution in [0.25, 0.3) is 16.8 Å². The summed E-state index contributed by atoms with van der Waals surface area (Å²) >= 11 is 0. The number of nitrogens with one attached hydrogen (secondary N) is 1. The molecule has 0 spiro atoms. The fourth-order valence-electron chi connectivity index (χ4n) is 5.28. The van der Waals surface area contributed by atoms with E-state index in [4.69, 9.17) is 9.72 Å². The zero-order chi connectivity index (χ0) is 29.6. The molecule has 1 aliphatic rings. The van der Waals surface area contributed by atoms with Crippen LogP contribution in [-0.2, 0) is 9.59 Å². The lowest BCUT2D eigenvalue weighted by Gasteiger charge is -2.24. The number of aliphatic hydroxyl groups excluding tert-OH is 1. The van der Waals surface area contributed by atoms with E-state index in [1.807, 2.05) is 96.1 Å². The van der Waals surface area contributed by atoms with E-state index in [0.717, 1.165) is 33.6 Å². The first-order valence-electron chi connectivity index (χ1n) is 13.8. The Morgan fingerprint density at radius 2 is 1.73 bits per heavy atom. The number of benzene rings is 3. The minimum atomic E-state index is -0.886. The van der Waals surface area contributed by atoms with E-state index in [1.54, 1.807) is 12.1 Å². The zero-order valence-electron chi connectivity index (χ0n) is 24.6. The van der Waals surface area contributed by atoms with Crippen LogP contribution in [0.15, 0.2) is 60.2 Å². The average Bonchev–Trinajstić information content (AvgIpc) is 3.45. The molecule has 1 aliphatic heterocycles. The number of carbonyl (C=O) groups is 2. The monoisotopic (exact) mass is 552 g/mol. The minimum absolute atomic E-state index is 0.0132. The number of aromatic nitrogens is 2. The van der Waals surface area contributed by atoms with Crippen LogP contribution in [0.1, 0.15) is 60.5 Å². The van der Waals surface area contributed by atoms with Gasteiger partial charge in [0.25, 0.3) is 5.78 Å². The van der Waals surface area contributed by atoms with Gasteiger partial charge >= 0.3 is 5.91 Å². The number of hydrogen-bond donors (Lipinski definition) is 2. The summed E-state index contributed by atoms with van der Waals surface area (Å²) in [5, 5.41) is 11.7. The maximum Gasteiger partial charge on any atom is 0.302 e. The lowest BCUT2D eigenvalue weighted by Crippen LogP contribution is -2.30. The van der Waals surface area contributed by atoms with Gasteiger partial charge in [0.15, 0.2) is 0 Å². The largest absolute Gasteiger partial charge is 0.507 e. The summed E-state index contributed by atoms with van der Waals surface area (Å²) in [5.74, 6) is -0.665. The Bertz CT molecular complexity index is 1640. The second kappa shape index (κ2) is 10.8. The van der Waals surface area contributed by atoms with Crippen molar-refractivity contribution in [2.24, 2.45) is 0 Å². The van der Waals surface area contributed by atoms with Crippen molar-refractivity contribution in [1.82, 2.24) is 9.97 Å². The molecule has 1 atom stereocenters. The summed E-state index contributed by atoms with van der Waals surface area (Å²) in [5.41, 5.74) is 6.62. The topological polar surface area (TPSA) is 98.8 Å². The van der Waals surface area contributed by atoms with Crippen LogP contribution in [0.2, 0.25) is 0 Å². The van der Waals surface area contributed by atoms with Gasteiger partial charge in [0.05, 0.1) is 29.3 Å². The number of H-pyrrole nitrogens is 1. The van der Waals surface area contributed by atoms with Crippen molar-refractivity contribution in [3.63, 3.8) is 0 Å². The number of rotatable bonds is 7. The number of aromatic amines is 1. The quantitative estimate of drug-likeness (QED) is 0.157. The average molecular weight is 553 g/mol. The highest BCUT2D eigenvalue weighted by molar-refractivity contribution is 6.51. The van der Waals surface area contributed by atoms with E-state index in [2.05, 4.69) is 4.98 Å². The number of nitrogens with zero attached hydrogens (tertiary/aromatic N) is 3. The molecule has 0 bridgehead atoms. The summed E-state index contributed by atoms with van der Waals surface area (Å²) < 4.78 is 5.79. The number of carbonyl (C=O) groups excluding carboxylic acids is 2. The SMILES string of the molecule is CCOc1ccc(/C(O)=C2\C(=O)C(=O)N(c3nc4cc(C)c(C)cc4[nH]3)C2c2ccc(N(C)C)cc2)cc1C(C)C. The molecule has 0 radical (unpaired) electrons. The highest BCUT2D eigenvalue weighted by atomic mass is 16.5. The van der Waals surface area contributed by atoms with Gasteiger partial charge in [-0.1, -0.05) is 26.0 Å². The van der Waals surface area contributed by atoms with E-state index < -0.39 is 17.7 Å². The standard InChI is InChI=1S/C33H36N4O4/c1-8-41-27-14-11-22(17-24(27)18(2)3)30(38)28-29(21-9-12-23(13-10-21)36(6)7)37(32(40)31(28)39)33-34-25-15-19(4)20(5)16-26(25)35-33/h9-18,29,38H,8H2,1-7H3,(H,34,35)/b30-28+. The van der Waals surface area contributed by atoms with Gasteiger partial charge in [-0.15, -0.1) is 0 Å². The van der Waals surface area contributed by atoms with Crippen molar-refractivity contribution in [2.45, 2.75) is 46.6 Å². The van der Waals surface area contributed by atoms with E-state index >= 15 is 0 Å². The number of aliphatic hydroxyl groups is 1. The van der Waals surface area contributed by atoms with Gasteiger partial charge in [-0.2, -0.15) is 0 Å². The van der Waals surface area contributed by atoms with Crippen LogP contribution < -0.4 is 14.5 Å². The number of ketones is 1. The molecule has 1 unspecified atom stereocenters. The molecule has 212 valence electrons. The van der Waals surface area contributed by atoms with Crippen molar-refractivity contribution < 1.29 is 19.4 Å². The van der Waals surface area contributed by atoms with Gasteiger partial charge < -0.3 is 19.7 Å². The number of hydrogen-bond acceptors (Lipinski definition) is 6. The molecule has 2 N–H and O–H groups in total. The normalized spacial score (nSPS) is 16.7. The molecular formula is C33H36N4O4. The molecule has 1 fully saturated rings. The molecular weight excluding hydrogens is 516 g/mol. The van der Waals surface area contributed by atoms with Crippen LogP contribution in [0.5, 0.6) is 5.75 Å². The van der Waals surface area contributed by atoms with Crippen molar-refractivity contribution in [2.75, 3.05) is 30.5 Å². The Morgan fingerprint density at radius 3 is 2.37 bits per heavy atom. The summed E-state index contributed by atoms with van der Waals surface area (Å²) in [6.45, 7) is 10.5. The summed E-state index contributed by atoms with van der Waals surface area (Å²) in [7, 11) is 3.88. The Hall–Kier alpha value is -4.59. The number of fused-ring (bicyclic) bond motifs is 1. The highest BCUT2D eigenvalue weighted by Crippen LogP contribution is 2.43. The molecule has 3 aromatic carbocycles. The number of Topliss-reactive ketones (excluding diaryl/α,β-unsaturated/α-hetero) is 1. The van der Waals surface area contributed by atoms with E-state index in [9.17, 15) is 14.7 Å². The fourth-order valence-corrected chi connectivity index (χ4v) is 5.28. The molecule has 8 heteroatoms. The molecule has 8 nitrogen and oxygen atoms in total. The third-order valence-electron chi connectivity index (χ3n) is 7.69. The first kappa shape index (κ1) is 28.0. The van der Waals surface area contributed by atoms with Crippen molar-refractivity contribution in [3.8, 4) is 5.75 Å². The number of anilines is 2. The Kier molecular flexibility index (Phi) is 7.34. The van der Waals surface area contributed by atoms with Gasteiger partial charge in [0, 0.05) is 25.3 Å². The number of aryl methyl sites for hydroxylation is 2. The first-order valence-corrected chi connectivity index (χ1v) is 13.8. The molecule has 1 saturated heterocycles. The number of ether oxygens (including phenoxy) is 1. The third-order valence-corrected chi connectivity index (χ3v) is 7.69. The third kappa shape index (κ3) is 4.94. The Morgan fingerprint density at radius 1 is 1.05 bits per heavy atom. The summed E-state index contributed by atoms with van der Waals surface area (Å²) in [4.78, 5) is 38.7. The van der Waals surface area contributed by atoms with Crippen molar-refractivity contribution in [1.29, 1.82) is 0 Å². The van der Waals surface area contributed by atoms with Gasteiger partial charge in [0.2, 0.25) is 5.95 Å². The van der Waals surface area contributed by atoms with Crippen LogP contribution in [0, 0.1) is 13.8 Å². The van der Waals surface area contributed by atoms with E-state index in [-0.39, 0.29) is 23.2 Å². The van der Waals surface area contributed by atoms with Gasteiger partial charge in [-0.25, -0.2) is 4.98 Å². The second-order valence-electron chi connectivity index (χ2n) is 11.0. The van der Waals surface area contributed by atoms with E-state index in [1.165, 1.54) is 4.90 Å². The summed E-state index contributed by atoms with van der Waals surface area (Å²) in [6.07, 6.45) is 0. The molecule has 2 heterocycles. The second-order valence-corrected chi connectivity index (χ2v) is 11.0. The van der Waals surface area contributed by atoms with Crippen molar-refractivity contribution in [3.05, 3.63) is 88.0 Å². The zero-order valence-corrected chi connectivity index (χ0v) is 24.6. The molecule has 4 aromatic rings. The molecule has 1 aromatic heterocycles.